The molecule has 154 valence electrons. The molecule has 1 aliphatic heterocycles. The SMILES string of the molecule is COc1ccc([C@@H]2CN(C(=O)C(N)=O)C[C@@]2(C)[C@@H](C)O)cc1OC1CCCC1. The second-order valence-electron chi connectivity index (χ2n) is 8.22. The van der Waals surface area contributed by atoms with E-state index in [9.17, 15) is 14.7 Å². The molecule has 0 spiro atoms. The summed E-state index contributed by atoms with van der Waals surface area (Å²) in [6, 6.07) is 5.74. The summed E-state index contributed by atoms with van der Waals surface area (Å²) in [7, 11) is 1.61. The number of likely N-dealkylation sites (tertiary alicyclic amines) is 1. The molecule has 3 N–H and O–H groups in total. The summed E-state index contributed by atoms with van der Waals surface area (Å²) >= 11 is 0. The maximum Gasteiger partial charge on any atom is 0.311 e. The molecule has 2 aliphatic rings. The van der Waals surface area contributed by atoms with Gasteiger partial charge in [-0.25, -0.2) is 0 Å². The maximum absolute atomic E-state index is 12.2. The van der Waals surface area contributed by atoms with E-state index in [4.69, 9.17) is 15.2 Å². The van der Waals surface area contributed by atoms with Crippen molar-refractivity contribution < 1.29 is 24.2 Å². The molecule has 1 saturated carbocycles. The van der Waals surface area contributed by atoms with Crippen LogP contribution in [-0.2, 0) is 9.59 Å². The number of rotatable bonds is 5. The summed E-state index contributed by atoms with van der Waals surface area (Å²) in [4.78, 5) is 25.0. The van der Waals surface area contributed by atoms with Crippen molar-refractivity contribution in [1.82, 2.24) is 4.90 Å². The molecule has 7 heteroatoms. The molecule has 1 heterocycles. The number of primary amides is 1. The van der Waals surface area contributed by atoms with E-state index in [0.717, 1.165) is 18.4 Å². The summed E-state index contributed by atoms with van der Waals surface area (Å²) < 4.78 is 11.7. The summed E-state index contributed by atoms with van der Waals surface area (Å²) in [5.41, 5.74) is 5.52. The van der Waals surface area contributed by atoms with E-state index >= 15 is 0 Å². The van der Waals surface area contributed by atoms with Crippen LogP contribution in [0.2, 0.25) is 0 Å². The van der Waals surface area contributed by atoms with Gasteiger partial charge in [-0.15, -0.1) is 0 Å². The Morgan fingerprint density at radius 2 is 1.96 bits per heavy atom. The van der Waals surface area contributed by atoms with Crippen molar-refractivity contribution in [2.45, 2.75) is 57.7 Å². The Labute approximate surface area is 165 Å². The number of nitrogens with two attached hydrogens (primary N) is 1. The molecule has 1 aliphatic carbocycles. The van der Waals surface area contributed by atoms with E-state index in [1.807, 2.05) is 25.1 Å². The van der Waals surface area contributed by atoms with E-state index in [2.05, 4.69) is 0 Å². The lowest BCUT2D eigenvalue weighted by Crippen LogP contribution is -2.41. The Morgan fingerprint density at radius 1 is 1.29 bits per heavy atom. The third kappa shape index (κ3) is 3.81. The van der Waals surface area contributed by atoms with Crippen LogP contribution in [0.25, 0.3) is 0 Å². The highest BCUT2D eigenvalue weighted by Crippen LogP contribution is 2.47. The minimum atomic E-state index is -0.978. The third-order valence-corrected chi connectivity index (χ3v) is 6.37. The quantitative estimate of drug-likeness (QED) is 0.747. The fraction of sp³-hybridized carbons (Fsp3) is 0.619. The number of carbonyl (C=O) groups excluding carboxylic acids is 2. The molecule has 2 amide bonds. The zero-order valence-electron chi connectivity index (χ0n) is 16.8. The summed E-state index contributed by atoms with van der Waals surface area (Å²) in [6.07, 6.45) is 3.90. The summed E-state index contributed by atoms with van der Waals surface area (Å²) in [6.45, 7) is 4.23. The summed E-state index contributed by atoms with van der Waals surface area (Å²) in [5, 5.41) is 10.5. The molecule has 7 nitrogen and oxygen atoms in total. The van der Waals surface area contributed by atoms with Crippen LogP contribution < -0.4 is 15.2 Å². The van der Waals surface area contributed by atoms with Crippen LogP contribution in [-0.4, -0.2) is 54.2 Å². The number of benzene rings is 1. The predicted molar refractivity (Wildman–Crippen MR) is 104 cm³/mol. The zero-order valence-corrected chi connectivity index (χ0v) is 16.8. The molecule has 0 unspecified atom stereocenters. The van der Waals surface area contributed by atoms with Gasteiger partial charge in [0.2, 0.25) is 0 Å². The highest BCUT2D eigenvalue weighted by Gasteiger charge is 2.49. The number of carbonyl (C=O) groups is 2. The molecule has 28 heavy (non-hydrogen) atoms. The number of hydrogen-bond acceptors (Lipinski definition) is 5. The number of ether oxygens (including phenoxy) is 2. The molecular weight excluding hydrogens is 360 g/mol. The Balaban J connectivity index is 1.92. The van der Waals surface area contributed by atoms with Crippen LogP contribution >= 0.6 is 0 Å². The van der Waals surface area contributed by atoms with Gasteiger partial charge in [0.15, 0.2) is 11.5 Å². The highest BCUT2D eigenvalue weighted by atomic mass is 16.5. The van der Waals surface area contributed by atoms with Crippen molar-refractivity contribution >= 4 is 11.8 Å². The van der Waals surface area contributed by atoms with Crippen molar-refractivity contribution in [3.05, 3.63) is 23.8 Å². The van der Waals surface area contributed by atoms with E-state index in [-0.39, 0.29) is 18.6 Å². The van der Waals surface area contributed by atoms with Gasteiger partial charge in [-0.3, -0.25) is 9.59 Å². The van der Waals surface area contributed by atoms with Crippen molar-refractivity contribution in [3.8, 4) is 11.5 Å². The first-order chi connectivity index (χ1) is 13.3. The van der Waals surface area contributed by atoms with E-state index in [1.165, 1.54) is 17.7 Å². The van der Waals surface area contributed by atoms with Gasteiger partial charge in [0.25, 0.3) is 0 Å². The lowest BCUT2D eigenvalue weighted by molar-refractivity contribution is -0.143. The number of methoxy groups -OCH3 is 1. The topological polar surface area (TPSA) is 102 Å². The standard InChI is InChI=1S/C21H30N2O5/c1-13(24)21(2)12-23(20(26)19(22)25)11-16(21)14-8-9-17(27-3)18(10-14)28-15-6-4-5-7-15/h8-10,13,15-16,24H,4-7,11-12H2,1-3H3,(H2,22,25)/t13-,16+,21+/m1/s1. The fourth-order valence-corrected chi connectivity index (χ4v) is 4.42. The number of hydrogen-bond donors (Lipinski definition) is 2. The van der Waals surface area contributed by atoms with Crippen LogP contribution in [0.1, 0.15) is 51.0 Å². The Bertz CT molecular complexity index is 744. The Morgan fingerprint density at radius 3 is 2.54 bits per heavy atom. The smallest absolute Gasteiger partial charge is 0.311 e. The average Bonchev–Trinajstić information content (AvgIpc) is 3.29. The molecule has 2 fully saturated rings. The van der Waals surface area contributed by atoms with Gasteiger partial charge in [-0.05, 0) is 50.3 Å². The normalized spacial score (nSPS) is 26.3. The van der Waals surface area contributed by atoms with Crippen LogP contribution in [0.15, 0.2) is 18.2 Å². The minimum absolute atomic E-state index is 0.160. The van der Waals surface area contributed by atoms with Gasteiger partial charge in [-0.1, -0.05) is 13.0 Å². The number of amides is 2. The van der Waals surface area contributed by atoms with E-state index < -0.39 is 23.3 Å². The van der Waals surface area contributed by atoms with Gasteiger partial charge in [0, 0.05) is 24.4 Å². The van der Waals surface area contributed by atoms with Crippen molar-refractivity contribution in [2.75, 3.05) is 20.2 Å². The van der Waals surface area contributed by atoms with Gasteiger partial charge < -0.3 is 25.2 Å². The molecule has 3 atom stereocenters. The molecule has 3 rings (SSSR count). The largest absolute Gasteiger partial charge is 0.493 e. The van der Waals surface area contributed by atoms with Crippen LogP contribution in [0.3, 0.4) is 0 Å². The van der Waals surface area contributed by atoms with Crippen molar-refractivity contribution in [2.24, 2.45) is 11.1 Å². The fourth-order valence-electron chi connectivity index (χ4n) is 4.42. The number of aliphatic hydroxyl groups is 1. The predicted octanol–water partition coefficient (Wildman–Crippen LogP) is 1.81. The first-order valence-corrected chi connectivity index (χ1v) is 9.87. The van der Waals surface area contributed by atoms with E-state index in [0.29, 0.717) is 18.0 Å². The third-order valence-electron chi connectivity index (χ3n) is 6.37. The average molecular weight is 390 g/mol. The van der Waals surface area contributed by atoms with Crippen molar-refractivity contribution in [3.63, 3.8) is 0 Å². The Hall–Kier alpha value is -2.28. The lowest BCUT2D eigenvalue weighted by Gasteiger charge is -2.34. The monoisotopic (exact) mass is 390 g/mol. The molecule has 0 radical (unpaired) electrons. The second kappa shape index (κ2) is 7.99. The molecule has 0 bridgehead atoms. The van der Waals surface area contributed by atoms with Crippen LogP contribution in [0, 0.1) is 5.41 Å². The zero-order chi connectivity index (χ0) is 20.5. The highest BCUT2D eigenvalue weighted by molar-refractivity contribution is 6.34. The molecule has 0 aromatic heterocycles. The molecule has 1 aromatic rings. The van der Waals surface area contributed by atoms with Crippen molar-refractivity contribution in [1.29, 1.82) is 0 Å². The van der Waals surface area contributed by atoms with Crippen LogP contribution in [0.4, 0.5) is 0 Å². The summed E-state index contributed by atoms with van der Waals surface area (Å²) in [5.74, 6) is -0.511. The van der Waals surface area contributed by atoms with Gasteiger partial charge in [-0.2, -0.15) is 0 Å². The number of aliphatic hydroxyl groups excluding tert-OH is 1. The van der Waals surface area contributed by atoms with Gasteiger partial charge in [0.05, 0.1) is 19.3 Å². The maximum atomic E-state index is 12.2. The van der Waals surface area contributed by atoms with Gasteiger partial charge in [0.1, 0.15) is 0 Å². The second-order valence-corrected chi connectivity index (χ2v) is 8.22. The molecular formula is C21H30N2O5. The first-order valence-electron chi connectivity index (χ1n) is 9.87. The molecule has 1 aromatic carbocycles. The minimum Gasteiger partial charge on any atom is -0.493 e. The van der Waals surface area contributed by atoms with Gasteiger partial charge >= 0.3 is 11.8 Å². The van der Waals surface area contributed by atoms with Crippen LogP contribution in [0.5, 0.6) is 11.5 Å². The Kier molecular flexibility index (Phi) is 5.84. The molecule has 1 saturated heterocycles. The van der Waals surface area contributed by atoms with E-state index in [1.54, 1.807) is 14.0 Å². The first kappa shape index (κ1) is 20.5. The number of nitrogens with zero attached hydrogens (tertiary/aromatic N) is 1. The lowest BCUT2D eigenvalue weighted by atomic mass is 9.72.